The van der Waals surface area contributed by atoms with E-state index in [4.69, 9.17) is 5.73 Å². The van der Waals surface area contributed by atoms with Gasteiger partial charge in [0.1, 0.15) is 0 Å². The Kier molecular flexibility index (Phi) is 5.39. The van der Waals surface area contributed by atoms with Crippen LogP contribution in [0.4, 0.5) is 0 Å². The van der Waals surface area contributed by atoms with Crippen molar-refractivity contribution in [2.24, 2.45) is 5.73 Å². The van der Waals surface area contributed by atoms with Gasteiger partial charge >= 0.3 is 0 Å². The molecule has 72 valence electrons. The van der Waals surface area contributed by atoms with Gasteiger partial charge in [-0.15, -0.1) is 17.0 Å². The summed E-state index contributed by atoms with van der Waals surface area (Å²) in [5.41, 5.74) is 6.25. The number of benzene rings is 1. The van der Waals surface area contributed by atoms with E-state index in [1.807, 2.05) is 37.3 Å². The molecular weight excluding hydrogens is 230 g/mol. The fourth-order valence-corrected chi connectivity index (χ4v) is 1.29. The van der Waals surface area contributed by atoms with Crippen LogP contribution in [-0.4, -0.2) is 5.91 Å². The van der Waals surface area contributed by atoms with Crippen molar-refractivity contribution in [2.75, 3.05) is 0 Å². The van der Waals surface area contributed by atoms with Gasteiger partial charge < -0.3 is 5.73 Å². The molecule has 2 N–H and O–H groups in total. The van der Waals surface area contributed by atoms with Crippen molar-refractivity contribution in [1.29, 1.82) is 0 Å². The SMILES string of the molecule is Br.CCC(C(N)=O)c1ccccc1. The predicted molar refractivity (Wildman–Crippen MR) is 59.0 cm³/mol. The number of hydrogen-bond acceptors (Lipinski definition) is 1. The Hall–Kier alpha value is -0.830. The maximum Gasteiger partial charge on any atom is 0.224 e. The second kappa shape index (κ2) is 5.75. The van der Waals surface area contributed by atoms with Crippen LogP contribution in [0.1, 0.15) is 24.8 Å². The predicted octanol–water partition coefficient (Wildman–Crippen LogP) is 2.24. The highest BCUT2D eigenvalue weighted by molar-refractivity contribution is 8.93. The summed E-state index contributed by atoms with van der Waals surface area (Å²) in [5, 5.41) is 0. The number of primary amides is 1. The van der Waals surface area contributed by atoms with E-state index in [1.165, 1.54) is 0 Å². The molecule has 1 atom stereocenters. The summed E-state index contributed by atoms with van der Waals surface area (Å²) in [6, 6.07) is 9.62. The van der Waals surface area contributed by atoms with Gasteiger partial charge in [0.25, 0.3) is 0 Å². The summed E-state index contributed by atoms with van der Waals surface area (Å²) in [5.74, 6) is -0.380. The van der Waals surface area contributed by atoms with E-state index in [-0.39, 0.29) is 28.8 Å². The molecule has 2 nitrogen and oxygen atoms in total. The Labute approximate surface area is 88.9 Å². The molecule has 0 aliphatic carbocycles. The van der Waals surface area contributed by atoms with Gasteiger partial charge in [0.05, 0.1) is 5.92 Å². The molecule has 0 bridgehead atoms. The van der Waals surface area contributed by atoms with Gasteiger partial charge in [-0.3, -0.25) is 4.79 Å². The van der Waals surface area contributed by atoms with Crippen LogP contribution in [0.25, 0.3) is 0 Å². The Morgan fingerprint density at radius 2 is 1.92 bits per heavy atom. The Balaban J connectivity index is 0.00000144. The van der Waals surface area contributed by atoms with E-state index < -0.39 is 0 Å². The van der Waals surface area contributed by atoms with Crippen LogP contribution in [0.15, 0.2) is 30.3 Å². The van der Waals surface area contributed by atoms with Gasteiger partial charge in [-0.1, -0.05) is 37.3 Å². The first kappa shape index (κ1) is 12.2. The quantitative estimate of drug-likeness (QED) is 0.870. The maximum atomic E-state index is 11.0. The van der Waals surface area contributed by atoms with Crippen LogP contribution in [0, 0.1) is 0 Å². The molecule has 0 saturated heterocycles. The van der Waals surface area contributed by atoms with Gasteiger partial charge in [0, 0.05) is 0 Å². The fourth-order valence-electron chi connectivity index (χ4n) is 1.29. The summed E-state index contributed by atoms with van der Waals surface area (Å²) in [7, 11) is 0. The second-order valence-electron chi connectivity index (χ2n) is 2.77. The third kappa shape index (κ3) is 3.19. The Morgan fingerprint density at radius 1 is 1.38 bits per heavy atom. The highest BCUT2D eigenvalue weighted by Crippen LogP contribution is 2.17. The van der Waals surface area contributed by atoms with E-state index in [9.17, 15) is 4.79 Å². The molecule has 0 heterocycles. The highest BCUT2D eigenvalue weighted by Gasteiger charge is 2.13. The van der Waals surface area contributed by atoms with Gasteiger partial charge in [-0.05, 0) is 12.0 Å². The first-order chi connectivity index (χ1) is 5.75. The highest BCUT2D eigenvalue weighted by atomic mass is 79.9. The van der Waals surface area contributed by atoms with E-state index in [2.05, 4.69) is 0 Å². The van der Waals surface area contributed by atoms with E-state index >= 15 is 0 Å². The molecule has 1 aromatic carbocycles. The minimum atomic E-state index is -0.247. The third-order valence-electron chi connectivity index (χ3n) is 1.95. The zero-order valence-corrected chi connectivity index (χ0v) is 9.28. The number of rotatable bonds is 3. The average molecular weight is 244 g/mol. The minimum absolute atomic E-state index is 0. The van der Waals surface area contributed by atoms with Crippen LogP contribution in [0.3, 0.4) is 0 Å². The lowest BCUT2D eigenvalue weighted by atomic mass is 9.96. The first-order valence-electron chi connectivity index (χ1n) is 4.10. The lowest BCUT2D eigenvalue weighted by molar-refractivity contribution is -0.119. The Bertz CT molecular complexity index is 261. The molecule has 0 saturated carbocycles. The molecule has 0 radical (unpaired) electrons. The third-order valence-corrected chi connectivity index (χ3v) is 1.95. The van der Waals surface area contributed by atoms with Crippen molar-refractivity contribution in [1.82, 2.24) is 0 Å². The van der Waals surface area contributed by atoms with Crippen LogP contribution in [-0.2, 0) is 4.79 Å². The number of hydrogen-bond donors (Lipinski definition) is 1. The molecule has 1 aromatic rings. The number of carbonyl (C=O) groups excluding carboxylic acids is 1. The molecule has 0 spiro atoms. The molecular formula is C10H14BrNO. The van der Waals surface area contributed by atoms with E-state index in [0.717, 1.165) is 12.0 Å². The van der Waals surface area contributed by atoms with Crippen molar-refractivity contribution in [3.63, 3.8) is 0 Å². The molecule has 1 rings (SSSR count). The van der Waals surface area contributed by atoms with Crippen molar-refractivity contribution >= 4 is 22.9 Å². The van der Waals surface area contributed by atoms with Gasteiger partial charge in [0.15, 0.2) is 0 Å². The molecule has 0 aliphatic heterocycles. The molecule has 13 heavy (non-hydrogen) atoms. The monoisotopic (exact) mass is 243 g/mol. The van der Waals surface area contributed by atoms with Crippen LogP contribution in [0.5, 0.6) is 0 Å². The summed E-state index contributed by atoms with van der Waals surface area (Å²) < 4.78 is 0. The Morgan fingerprint density at radius 3 is 2.31 bits per heavy atom. The summed E-state index contributed by atoms with van der Waals surface area (Å²) in [6.07, 6.45) is 0.763. The fraction of sp³-hybridized carbons (Fsp3) is 0.300. The van der Waals surface area contributed by atoms with Crippen molar-refractivity contribution in [2.45, 2.75) is 19.3 Å². The molecule has 1 unspecified atom stereocenters. The smallest absolute Gasteiger partial charge is 0.224 e. The molecule has 0 fully saturated rings. The summed E-state index contributed by atoms with van der Waals surface area (Å²) in [6.45, 7) is 1.96. The lowest BCUT2D eigenvalue weighted by Gasteiger charge is -2.09. The van der Waals surface area contributed by atoms with Gasteiger partial charge in [-0.25, -0.2) is 0 Å². The second-order valence-corrected chi connectivity index (χ2v) is 2.77. The summed E-state index contributed by atoms with van der Waals surface area (Å²) in [4.78, 5) is 11.0. The number of halogens is 1. The van der Waals surface area contributed by atoms with Crippen LogP contribution in [0.2, 0.25) is 0 Å². The van der Waals surface area contributed by atoms with E-state index in [1.54, 1.807) is 0 Å². The van der Waals surface area contributed by atoms with Crippen molar-refractivity contribution < 1.29 is 4.79 Å². The van der Waals surface area contributed by atoms with Crippen LogP contribution < -0.4 is 5.73 Å². The topological polar surface area (TPSA) is 43.1 Å². The van der Waals surface area contributed by atoms with E-state index in [0.29, 0.717) is 0 Å². The minimum Gasteiger partial charge on any atom is -0.369 e. The van der Waals surface area contributed by atoms with Crippen LogP contribution >= 0.6 is 17.0 Å². The maximum absolute atomic E-state index is 11.0. The number of carbonyl (C=O) groups is 1. The summed E-state index contributed by atoms with van der Waals surface area (Å²) >= 11 is 0. The van der Waals surface area contributed by atoms with Gasteiger partial charge in [-0.2, -0.15) is 0 Å². The largest absolute Gasteiger partial charge is 0.369 e. The lowest BCUT2D eigenvalue weighted by Crippen LogP contribution is -2.20. The first-order valence-corrected chi connectivity index (χ1v) is 4.10. The average Bonchev–Trinajstić information content (AvgIpc) is 2.07. The zero-order chi connectivity index (χ0) is 8.97. The molecule has 0 aromatic heterocycles. The molecule has 1 amide bonds. The number of nitrogens with two attached hydrogens (primary N) is 1. The van der Waals surface area contributed by atoms with Crippen molar-refractivity contribution in [3.8, 4) is 0 Å². The normalized spacial score (nSPS) is 11.5. The standard InChI is InChI=1S/C10H13NO.BrH/c1-2-9(10(11)12)8-6-4-3-5-7-8;/h3-7,9H,2H2,1H3,(H2,11,12);1H. The zero-order valence-electron chi connectivity index (χ0n) is 7.57. The molecule has 3 heteroatoms. The number of amides is 1. The van der Waals surface area contributed by atoms with Gasteiger partial charge in [0.2, 0.25) is 5.91 Å². The van der Waals surface area contributed by atoms with Crippen molar-refractivity contribution in [3.05, 3.63) is 35.9 Å². The molecule has 0 aliphatic rings.